The second-order valence-corrected chi connectivity index (χ2v) is 9.00. The van der Waals surface area contributed by atoms with Crippen LogP contribution in [0.5, 0.6) is 0 Å². The molecule has 178 valence electrons. The van der Waals surface area contributed by atoms with E-state index in [2.05, 4.69) is 4.90 Å². The molecule has 0 N–H and O–H groups in total. The van der Waals surface area contributed by atoms with Crippen LogP contribution in [0.15, 0.2) is 54.6 Å². The molecule has 1 fully saturated rings. The summed E-state index contributed by atoms with van der Waals surface area (Å²) >= 11 is 6.06. The Morgan fingerprint density at radius 3 is 2.44 bits per heavy atom. The zero-order valence-electron chi connectivity index (χ0n) is 19.8. The fourth-order valence-corrected chi connectivity index (χ4v) is 4.62. The second kappa shape index (κ2) is 11.0. The molecule has 0 saturated carbocycles. The molecule has 6 nitrogen and oxygen atoms in total. The molecule has 0 aliphatic carbocycles. The highest BCUT2D eigenvalue weighted by molar-refractivity contribution is 6.30. The Hall–Kier alpha value is -2.96. The lowest BCUT2D eigenvalue weighted by molar-refractivity contribution is -0.132. The van der Waals surface area contributed by atoms with Gasteiger partial charge in [-0.15, -0.1) is 0 Å². The van der Waals surface area contributed by atoms with Gasteiger partial charge in [0.25, 0.3) is 5.91 Å². The first kappa shape index (κ1) is 24.2. The summed E-state index contributed by atoms with van der Waals surface area (Å²) in [5.41, 5.74) is 3.11. The van der Waals surface area contributed by atoms with E-state index in [0.717, 1.165) is 48.2 Å². The SMILES string of the molecule is CCN(CC)C(=O)CN1CCCN(C(=O)c2cc(-c3ccc(Cl)cc3)nc3ccccc23)CC1. The molecule has 0 spiro atoms. The number of para-hydroxylation sites is 1. The Kier molecular flexibility index (Phi) is 7.80. The van der Waals surface area contributed by atoms with Crippen molar-refractivity contribution in [2.45, 2.75) is 20.3 Å². The first-order valence-electron chi connectivity index (χ1n) is 11.9. The Balaban J connectivity index is 1.56. The lowest BCUT2D eigenvalue weighted by Crippen LogP contribution is -2.42. The third-order valence-corrected chi connectivity index (χ3v) is 6.69. The molecular weight excluding hydrogens is 448 g/mol. The highest BCUT2D eigenvalue weighted by Crippen LogP contribution is 2.27. The first-order valence-corrected chi connectivity index (χ1v) is 12.3. The van der Waals surface area contributed by atoms with E-state index in [9.17, 15) is 9.59 Å². The van der Waals surface area contributed by atoms with E-state index < -0.39 is 0 Å². The normalized spacial score (nSPS) is 14.7. The summed E-state index contributed by atoms with van der Waals surface area (Å²) in [6.45, 7) is 8.61. The Morgan fingerprint density at radius 1 is 0.971 bits per heavy atom. The first-order chi connectivity index (χ1) is 16.5. The fourth-order valence-electron chi connectivity index (χ4n) is 4.49. The van der Waals surface area contributed by atoms with E-state index in [1.807, 2.05) is 78.2 Å². The monoisotopic (exact) mass is 478 g/mol. The summed E-state index contributed by atoms with van der Waals surface area (Å²) in [6, 6.07) is 17.2. The molecule has 0 unspecified atom stereocenters. The topological polar surface area (TPSA) is 56.8 Å². The molecule has 1 aromatic heterocycles. The van der Waals surface area contributed by atoms with Crippen molar-refractivity contribution in [1.29, 1.82) is 0 Å². The Bertz CT molecular complexity index is 1160. The van der Waals surface area contributed by atoms with Crippen LogP contribution in [0.4, 0.5) is 0 Å². The smallest absolute Gasteiger partial charge is 0.254 e. The molecule has 0 bridgehead atoms. The number of likely N-dealkylation sites (N-methyl/N-ethyl adjacent to an activating group) is 1. The van der Waals surface area contributed by atoms with Crippen LogP contribution < -0.4 is 0 Å². The molecule has 2 heterocycles. The second-order valence-electron chi connectivity index (χ2n) is 8.57. The standard InChI is InChI=1S/C27H31ClN4O2/c1-3-31(4-2)26(33)19-30-14-7-15-32(17-16-30)27(34)23-18-25(20-10-12-21(28)13-11-20)29-24-9-6-5-8-22(23)24/h5-6,8-13,18H,3-4,7,14-17,19H2,1-2H3. The van der Waals surface area contributed by atoms with Gasteiger partial charge < -0.3 is 9.80 Å². The predicted molar refractivity (Wildman–Crippen MR) is 137 cm³/mol. The van der Waals surface area contributed by atoms with Gasteiger partial charge in [0, 0.05) is 55.2 Å². The Morgan fingerprint density at radius 2 is 1.71 bits per heavy atom. The van der Waals surface area contributed by atoms with E-state index in [1.54, 1.807) is 0 Å². The maximum absolute atomic E-state index is 13.7. The van der Waals surface area contributed by atoms with Gasteiger partial charge in [0.05, 0.1) is 23.3 Å². The molecular formula is C27H31ClN4O2. The van der Waals surface area contributed by atoms with Crippen molar-refractivity contribution in [3.8, 4) is 11.3 Å². The fraction of sp³-hybridized carbons (Fsp3) is 0.370. The third-order valence-electron chi connectivity index (χ3n) is 6.44. The van der Waals surface area contributed by atoms with Crippen LogP contribution in [0, 0.1) is 0 Å². The number of fused-ring (bicyclic) bond motifs is 1. The molecule has 1 aliphatic heterocycles. The van der Waals surface area contributed by atoms with Crippen molar-refractivity contribution >= 4 is 34.3 Å². The number of benzene rings is 2. The minimum atomic E-state index is 0.00531. The third kappa shape index (κ3) is 5.40. The molecule has 3 aromatic rings. The van der Waals surface area contributed by atoms with Crippen molar-refractivity contribution in [2.75, 3.05) is 45.8 Å². The van der Waals surface area contributed by atoms with Gasteiger partial charge in [-0.3, -0.25) is 14.5 Å². The van der Waals surface area contributed by atoms with Crippen molar-refractivity contribution in [2.24, 2.45) is 0 Å². The molecule has 2 aromatic carbocycles. The van der Waals surface area contributed by atoms with Gasteiger partial charge in [-0.1, -0.05) is 41.9 Å². The van der Waals surface area contributed by atoms with Crippen LogP contribution in [-0.2, 0) is 4.79 Å². The van der Waals surface area contributed by atoms with Crippen molar-refractivity contribution < 1.29 is 9.59 Å². The van der Waals surface area contributed by atoms with E-state index >= 15 is 0 Å². The van der Waals surface area contributed by atoms with Crippen LogP contribution >= 0.6 is 11.6 Å². The van der Waals surface area contributed by atoms with Gasteiger partial charge in [0.2, 0.25) is 5.91 Å². The quantitative estimate of drug-likeness (QED) is 0.520. The molecule has 4 rings (SSSR count). The molecule has 1 saturated heterocycles. The van der Waals surface area contributed by atoms with E-state index in [4.69, 9.17) is 16.6 Å². The van der Waals surface area contributed by atoms with Gasteiger partial charge in [-0.25, -0.2) is 4.98 Å². The number of carbonyl (C=O) groups excluding carboxylic acids is 2. The minimum absolute atomic E-state index is 0.00531. The van der Waals surface area contributed by atoms with E-state index in [0.29, 0.717) is 36.8 Å². The number of hydrogen-bond acceptors (Lipinski definition) is 4. The number of rotatable bonds is 6. The summed E-state index contributed by atoms with van der Waals surface area (Å²) in [4.78, 5) is 37.0. The molecule has 0 atom stereocenters. The predicted octanol–water partition coefficient (Wildman–Crippen LogP) is 4.57. The lowest BCUT2D eigenvalue weighted by atomic mass is 10.0. The molecule has 0 radical (unpaired) electrons. The van der Waals surface area contributed by atoms with E-state index in [1.165, 1.54) is 0 Å². The van der Waals surface area contributed by atoms with Crippen molar-refractivity contribution in [3.05, 3.63) is 65.2 Å². The van der Waals surface area contributed by atoms with Crippen LogP contribution in [0.3, 0.4) is 0 Å². The maximum atomic E-state index is 13.7. The molecule has 7 heteroatoms. The van der Waals surface area contributed by atoms with E-state index in [-0.39, 0.29) is 11.8 Å². The lowest BCUT2D eigenvalue weighted by Gasteiger charge is -2.25. The summed E-state index contributed by atoms with van der Waals surface area (Å²) in [6.07, 6.45) is 0.838. The van der Waals surface area contributed by atoms with Gasteiger partial charge in [0.15, 0.2) is 0 Å². The van der Waals surface area contributed by atoms with Gasteiger partial charge in [0.1, 0.15) is 0 Å². The summed E-state index contributed by atoms with van der Waals surface area (Å²) in [7, 11) is 0. The number of hydrogen-bond donors (Lipinski definition) is 0. The number of aromatic nitrogens is 1. The van der Waals surface area contributed by atoms with Crippen LogP contribution in [0.25, 0.3) is 22.2 Å². The number of pyridine rings is 1. The number of nitrogens with zero attached hydrogens (tertiary/aromatic N) is 4. The number of amides is 2. The zero-order chi connectivity index (χ0) is 24.1. The maximum Gasteiger partial charge on any atom is 0.254 e. The highest BCUT2D eigenvalue weighted by atomic mass is 35.5. The van der Waals surface area contributed by atoms with Gasteiger partial charge in [-0.05, 0) is 44.5 Å². The summed E-state index contributed by atoms with van der Waals surface area (Å²) in [5.74, 6) is 0.156. The number of halogens is 1. The average Bonchev–Trinajstić information content (AvgIpc) is 3.09. The van der Waals surface area contributed by atoms with Gasteiger partial charge >= 0.3 is 0 Å². The van der Waals surface area contributed by atoms with Crippen molar-refractivity contribution in [1.82, 2.24) is 19.7 Å². The zero-order valence-corrected chi connectivity index (χ0v) is 20.6. The number of carbonyl (C=O) groups is 2. The van der Waals surface area contributed by atoms with Crippen LogP contribution in [0.1, 0.15) is 30.6 Å². The minimum Gasteiger partial charge on any atom is -0.342 e. The summed E-state index contributed by atoms with van der Waals surface area (Å²) in [5, 5.41) is 1.51. The summed E-state index contributed by atoms with van der Waals surface area (Å²) < 4.78 is 0. The largest absolute Gasteiger partial charge is 0.342 e. The highest BCUT2D eigenvalue weighted by Gasteiger charge is 2.24. The van der Waals surface area contributed by atoms with Crippen molar-refractivity contribution in [3.63, 3.8) is 0 Å². The average molecular weight is 479 g/mol. The van der Waals surface area contributed by atoms with Gasteiger partial charge in [-0.2, -0.15) is 0 Å². The molecule has 2 amide bonds. The molecule has 34 heavy (non-hydrogen) atoms. The van der Waals surface area contributed by atoms with Crippen LogP contribution in [-0.4, -0.2) is 77.3 Å². The van der Waals surface area contributed by atoms with Crippen LogP contribution in [0.2, 0.25) is 5.02 Å². The molecule has 1 aliphatic rings. The Labute approximate surface area is 206 Å².